The van der Waals surface area contributed by atoms with Crippen molar-refractivity contribution in [2.45, 2.75) is 0 Å². The van der Waals surface area contributed by atoms with Crippen molar-refractivity contribution < 1.29 is 0 Å². The molecule has 0 unspecified atom stereocenters. The third-order valence-electron chi connectivity index (χ3n) is 1.43. The second kappa shape index (κ2) is 3.01. The molecular weight excluding hydrogens is 136 g/mol. The average Bonchev–Trinajstić information content (AvgIpc) is 2.04. The van der Waals surface area contributed by atoms with Gasteiger partial charge in [0.15, 0.2) is 0 Å². The molecule has 0 fully saturated rings. The van der Waals surface area contributed by atoms with E-state index in [4.69, 9.17) is 5.73 Å². The first-order valence-electron chi connectivity index (χ1n) is 3.28. The molecule has 56 valence electrons. The number of nitrogens with two attached hydrogens (primary N) is 1. The number of anilines is 1. The largest absolute Gasteiger partial charge is 0.384 e. The lowest BCUT2D eigenvalue weighted by Gasteiger charge is -1.99. The highest BCUT2D eigenvalue weighted by Gasteiger charge is 1.95. The summed E-state index contributed by atoms with van der Waals surface area (Å²) < 4.78 is 0. The van der Waals surface area contributed by atoms with Gasteiger partial charge in [-0.05, 0) is 17.2 Å². The van der Waals surface area contributed by atoms with Crippen LogP contribution in [0.15, 0.2) is 25.4 Å². The minimum Gasteiger partial charge on any atom is -0.384 e. The Morgan fingerprint density at radius 3 is 2.45 bits per heavy atom. The third kappa shape index (κ3) is 1.46. The maximum Gasteiger partial charge on any atom is 0.123 e. The van der Waals surface area contributed by atoms with Gasteiger partial charge in [0.25, 0.3) is 0 Å². The number of rotatable bonds is 2. The van der Waals surface area contributed by atoms with Gasteiger partial charge in [-0.15, -0.1) is 0 Å². The highest BCUT2D eigenvalue weighted by Crippen LogP contribution is 2.12. The van der Waals surface area contributed by atoms with E-state index < -0.39 is 0 Å². The maximum absolute atomic E-state index is 5.46. The Labute approximate surface area is 66.1 Å². The molecule has 0 radical (unpaired) electrons. The van der Waals surface area contributed by atoms with Crippen LogP contribution in [0.25, 0.3) is 12.2 Å². The number of nitrogens with zero attached hydrogens (tertiary/aromatic N) is 1. The van der Waals surface area contributed by atoms with Crippen LogP contribution in [0, 0.1) is 0 Å². The van der Waals surface area contributed by atoms with Gasteiger partial charge in [0, 0.05) is 6.20 Å². The zero-order valence-corrected chi connectivity index (χ0v) is 6.25. The molecule has 0 saturated carbocycles. The molecule has 1 rings (SSSR count). The van der Waals surface area contributed by atoms with Crippen molar-refractivity contribution >= 4 is 18.0 Å². The number of nitrogen functional groups attached to an aromatic ring is 1. The van der Waals surface area contributed by atoms with Crippen LogP contribution in [0.3, 0.4) is 0 Å². The zero-order chi connectivity index (χ0) is 8.27. The van der Waals surface area contributed by atoms with Gasteiger partial charge in [-0.1, -0.05) is 25.3 Å². The summed E-state index contributed by atoms with van der Waals surface area (Å²) >= 11 is 0. The summed E-state index contributed by atoms with van der Waals surface area (Å²) in [6.45, 7) is 7.29. The summed E-state index contributed by atoms with van der Waals surface area (Å²) in [6.07, 6.45) is 5.14. The lowest BCUT2D eigenvalue weighted by Crippen LogP contribution is -1.91. The van der Waals surface area contributed by atoms with Crippen molar-refractivity contribution in [1.29, 1.82) is 0 Å². The highest BCUT2D eigenvalue weighted by atomic mass is 14.8. The molecule has 1 aromatic rings. The molecule has 2 nitrogen and oxygen atoms in total. The Morgan fingerprint density at radius 2 is 1.91 bits per heavy atom. The van der Waals surface area contributed by atoms with Crippen LogP contribution in [-0.2, 0) is 0 Å². The molecule has 0 saturated heterocycles. The van der Waals surface area contributed by atoms with Crippen LogP contribution < -0.4 is 5.73 Å². The van der Waals surface area contributed by atoms with Crippen molar-refractivity contribution in [3.05, 3.63) is 36.5 Å². The van der Waals surface area contributed by atoms with E-state index in [0.29, 0.717) is 5.82 Å². The number of hydrogen-bond donors (Lipinski definition) is 1. The number of hydrogen-bond acceptors (Lipinski definition) is 2. The normalized spacial score (nSPS) is 9.09. The number of pyridine rings is 1. The van der Waals surface area contributed by atoms with Crippen molar-refractivity contribution in [3.63, 3.8) is 0 Å². The van der Waals surface area contributed by atoms with Crippen LogP contribution >= 0.6 is 0 Å². The Morgan fingerprint density at radius 1 is 1.27 bits per heavy atom. The van der Waals surface area contributed by atoms with Gasteiger partial charge >= 0.3 is 0 Å². The molecule has 11 heavy (non-hydrogen) atoms. The molecule has 0 aliphatic rings. The Hall–Kier alpha value is -1.57. The molecule has 0 aromatic carbocycles. The van der Waals surface area contributed by atoms with E-state index in [9.17, 15) is 0 Å². The van der Waals surface area contributed by atoms with E-state index in [1.165, 1.54) is 0 Å². The van der Waals surface area contributed by atoms with E-state index in [1.807, 2.05) is 0 Å². The average molecular weight is 146 g/mol. The van der Waals surface area contributed by atoms with Gasteiger partial charge in [0.2, 0.25) is 0 Å². The van der Waals surface area contributed by atoms with E-state index in [0.717, 1.165) is 11.1 Å². The van der Waals surface area contributed by atoms with Gasteiger partial charge in [-0.3, -0.25) is 0 Å². The predicted molar refractivity (Wildman–Crippen MR) is 48.8 cm³/mol. The molecule has 1 aromatic heterocycles. The zero-order valence-electron chi connectivity index (χ0n) is 6.25. The smallest absolute Gasteiger partial charge is 0.123 e. The Kier molecular flexibility index (Phi) is 2.06. The Bertz CT molecular complexity index is 290. The van der Waals surface area contributed by atoms with Gasteiger partial charge in [-0.25, -0.2) is 4.98 Å². The van der Waals surface area contributed by atoms with Crippen molar-refractivity contribution in [2.75, 3.05) is 5.73 Å². The second-order valence-corrected chi connectivity index (χ2v) is 2.15. The molecule has 2 N–H and O–H groups in total. The molecule has 0 aliphatic carbocycles. The summed E-state index contributed by atoms with van der Waals surface area (Å²) in [4.78, 5) is 3.92. The fraction of sp³-hybridized carbons (Fsp3) is 0. The summed E-state index contributed by atoms with van der Waals surface area (Å²) in [6, 6.07) is 1.77. The summed E-state index contributed by atoms with van der Waals surface area (Å²) in [5.41, 5.74) is 7.38. The lowest BCUT2D eigenvalue weighted by molar-refractivity contribution is 1.32. The van der Waals surface area contributed by atoms with Crippen LogP contribution in [-0.4, -0.2) is 4.98 Å². The first kappa shape index (κ1) is 7.54. The molecular formula is C9H10N2. The van der Waals surface area contributed by atoms with Gasteiger partial charge in [0.1, 0.15) is 5.82 Å². The summed E-state index contributed by atoms with van der Waals surface area (Å²) in [5.74, 6) is 0.505. The maximum atomic E-state index is 5.46. The topological polar surface area (TPSA) is 38.9 Å². The first-order valence-corrected chi connectivity index (χ1v) is 3.28. The van der Waals surface area contributed by atoms with Crippen LogP contribution in [0.4, 0.5) is 5.82 Å². The van der Waals surface area contributed by atoms with E-state index in [2.05, 4.69) is 18.1 Å². The quantitative estimate of drug-likeness (QED) is 0.692. The van der Waals surface area contributed by atoms with Crippen LogP contribution in [0.1, 0.15) is 11.1 Å². The van der Waals surface area contributed by atoms with E-state index in [-0.39, 0.29) is 0 Å². The van der Waals surface area contributed by atoms with Crippen molar-refractivity contribution in [3.8, 4) is 0 Å². The summed E-state index contributed by atoms with van der Waals surface area (Å²) in [7, 11) is 0. The highest BCUT2D eigenvalue weighted by molar-refractivity contribution is 5.64. The SMILES string of the molecule is C=Cc1cnc(N)cc1C=C. The minimum atomic E-state index is 0.505. The standard InChI is InChI=1S/C9H10N2/c1-3-7-5-9(10)11-6-8(7)4-2/h3-6H,1-2H2,(H2,10,11). The van der Waals surface area contributed by atoms with E-state index in [1.54, 1.807) is 24.4 Å². The fourth-order valence-corrected chi connectivity index (χ4v) is 0.846. The van der Waals surface area contributed by atoms with Crippen LogP contribution in [0.5, 0.6) is 0 Å². The Balaban J connectivity index is 3.26. The molecule has 0 amide bonds. The summed E-state index contributed by atoms with van der Waals surface area (Å²) in [5, 5.41) is 0. The van der Waals surface area contributed by atoms with Gasteiger partial charge < -0.3 is 5.73 Å². The molecule has 0 bridgehead atoms. The first-order chi connectivity index (χ1) is 5.27. The molecule has 0 aliphatic heterocycles. The minimum absolute atomic E-state index is 0.505. The van der Waals surface area contributed by atoms with Gasteiger partial charge in [0.05, 0.1) is 0 Å². The third-order valence-corrected chi connectivity index (χ3v) is 1.43. The molecule has 1 heterocycles. The molecule has 2 heteroatoms. The predicted octanol–water partition coefficient (Wildman–Crippen LogP) is 1.95. The number of aromatic nitrogens is 1. The molecule has 0 atom stereocenters. The van der Waals surface area contributed by atoms with Crippen molar-refractivity contribution in [2.24, 2.45) is 0 Å². The lowest BCUT2D eigenvalue weighted by atomic mass is 10.1. The fourth-order valence-electron chi connectivity index (χ4n) is 0.846. The monoisotopic (exact) mass is 146 g/mol. The molecule has 0 spiro atoms. The van der Waals surface area contributed by atoms with Crippen molar-refractivity contribution in [1.82, 2.24) is 4.98 Å². The second-order valence-electron chi connectivity index (χ2n) is 2.15. The van der Waals surface area contributed by atoms with Crippen LogP contribution in [0.2, 0.25) is 0 Å². The van der Waals surface area contributed by atoms with E-state index >= 15 is 0 Å². The van der Waals surface area contributed by atoms with Gasteiger partial charge in [-0.2, -0.15) is 0 Å².